The molecule has 216 valence electrons. The number of carbonyl (C=O) groups is 4. The van der Waals surface area contributed by atoms with Crippen LogP contribution >= 0.6 is 0 Å². The Hall–Kier alpha value is -4.24. The molecule has 3 heterocycles. The van der Waals surface area contributed by atoms with Crippen LogP contribution in [-0.4, -0.2) is 88.1 Å². The SMILES string of the molecule is CC[N+]1=C(C=C2C(=O)C(N3CCC(C([O-])=NCCN4C(=O)C=CC4=O)CC3)C2=O)C(C)(C)c2c1ccc1ccccc21. The number of aliphatic imine (C=N–C) groups is 1. The van der Waals surface area contributed by atoms with Crippen molar-refractivity contribution in [3.05, 3.63) is 65.8 Å². The molecule has 42 heavy (non-hydrogen) atoms. The summed E-state index contributed by atoms with van der Waals surface area (Å²) >= 11 is 0. The van der Waals surface area contributed by atoms with Gasteiger partial charge in [0.1, 0.15) is 12.6 Å². The topological polar surface area (TPSA) is 113 Å². The van der Waals surface area contributed by atoms with E-state index in [-0.39, 0.29) is 47.5 Å². The second-order valence-electron chi connectivity index (χ2n) is 11.8. The molecule has 1 saturated carbocycles. The first-order valence-corrected chi connectivity index (χ1v) is 14.6. The number of ketones is 2. The quantitative estimate of drug-likeness (QED) is 0.0965. The van der Waals surface area contributed by atoms with Gasteiger partial charge in [-0.1, -0.05) is 24.3 Å². The van der Waals surface area contributed by atoms with Crippen LogP contribution in [0.2, 0.25) is 0 Å². The zero-order valence-corrected chi connectivity index (χ0v) is 24.1. The number of hydrogen-bond acceptors (Lipinski definition) is 7. The number of likely N-dealkylation sites (tertiary alicyclic amines) is 1. The number of hydrogen-bond donors (Lipinski definition) is 0. The molecule has 3 aliphatic heterocycles. The van der Waals surface area contributed by atoms with Crippen molar-refractivity contribution in [1.82, 2.24) is 9.80 Å². The maximum absolute atomic E-state index is 13.4. The molecule has 0 spiro atoms. The van der Waals surface area contributed by atoms with Crippen molar-refractivity contribution in [3.8, 4) is 0 Å². The van der Waals surface area contributed by atoms with Gasteiger partial charge in [0.05, 0.1) is 17.5 Å². The molecule has 0 bridgehead atoms. The molecule has 0 aromatic heterocycles. The Balaban J connectivity index is 1.12. The van der Waals surface area contributed by atoms with E-state index in [1.54, 1.807) is 6.08 Å². The molecular weight excluding hydrogens is 532 g/mol. The predicted molar refractivity (Wildman–Crippen MR) is 157 cm³/mol. The van der Waals surface area contributed by atoms with Crippen molar-refractivity contribution in [3.63, 3.8) is 0 Å². The van der Waals surface area contributed by atoms with E-state index in [1.165, 1.54) is 23.1 Å². The summed E-state index contributed by atoms with van der Waals surface area (Å²) in [6, 6.07) is 11.7. The Labute approximate surface area is 244 Å². The second kappa shape index (κ2) is 10.5. The number of piperidine rings is 1. The van der Waals surface area contributed by atoms with Crippen molar-refractivity contribution in [1.29, 1.82) is 0 Å². The number of benzene rings is 2. The molecule has 0 unspecified atom stereocenters. The van der Waals surface area contributed by atoms with E-state index in [1.807, 2.05) is 17.0 Å². The third-order valence-corrected chi connectivity index (χ3v) is 9.11. The van der Waals surface area contributed by atoms with Gasteiger partial charge >= 0.3 is 0 Å². The Morgan fingerprint density at radius 3 is 2.36 bits per heavy atom. The fourth-order valence-electron chi connectivity index (χ4n) is 6.85. The van der Waals surface area contributed by atoms with Gasteiger partial charge in [-0.15, -0.1) is 0 Å². The minimum atomic E-state index is -0.799. The Morgan fingerprint density at radius 1 is 1.02 bits per heavy atom. The number of allylic oxidation sites excluding steroid dienone is 1. The Bertz CT molecular complexity index is 1620. The largest absolute Gasteiger partial charge is 0.862 e. The molecule has 2 aromatic carbocycles. The van der Waals surface area contributed by atoms with Gasteiger partial charge in [-0.05, 0) is 75.4 Å². The molecule has 2 fully saturated rings. The normalized spacial score (nSPS) is 22.9. The van der Waals surface area contributed by atoms with E-state index in [9.17, 15) is 24.3 Å². The molecule has 2 amide bonds. The minimum absolute atomic E-state index is 0.0651. The third kappa shape index (κ3) is 4.43. The number of imide groups is 1. The van der Waals surface area contributed by atoms with Crippen LogP contribution in [0.3, 0.4) is 0 Å². The molecule has 0 radical (unpaired) electrons. The lowest BCUT2D eigenvalue weighted by atomic mass is 9.75. The number of amides is 2. The van der Waals surface area contributed by atoms with Crippen LogP contribution < -0.4 is 5.11 Å². The lowest BCUT2D eigenvalue weighted by molar-refractivity contribution is -0.433. The predicted octanol–water partition coefficient (Wildman–Crippen LogP) is 2.08. The Morgan fingerprint density at radius 2 is 1.69 bits per heavy atom. The van der Waals surface area contributed by atoms with Crippen molar-refractivity contribution < 1.29 is 28.9 Å². The van der Waals surface area contributed by atoms with Crippen molar-refractivity contribution in [2.24, 2.45) is 10.9 Å². The van der Waals surface area contributed by atoms with Gasteiger partial charge < -0.3 is 10.1 Å². The lowest BCUT2D eigenvalue weighted by Crippen LogP contribution is -2.59. The second-order valence-corrected chi connectivity index (χ2v) is 11.8. The molecule has 9 heteroatoms. The van der Waals surface area contributed by atoms with Gasteiger partial charge in [-0.25, -0.2) is 0 Å². The van der Waals surface area contributed by atoms with E-state index >= 15 is 0 Å². The summed E-state index contributed by atoms with van der Waals surface area (Å²) in [5, 5.41) is 15.0. The molecule has 9 nitrogen and oxygen atoms in total. The zero-order chi connectivity index (χ0) is 29.8. The van der Waals surface area contributed by atoms with E-state index in [2.05, 4.69) is 54.6 Å². The fourth-order valence-corrected chi connectivity index (χ4v) is 6.85. The van der Waals surface area contributed by atoms with Gasteiger partial charge in [-0.2, -0.15) is 4.58 Å². The van der Waals surface area contributed by atoms with Crippen molar-refractivity contribution in [2.75, 3.05) is 32.7 Å². The first kappa shape index (κ1) is 27.9. The number of rotatable bonds is 7. The molecule has 1 aliphatic carbocycles. The fraction of sp³-hybridized carbons (Fsp3) is 0.394. The molecule has 0 atom stereocenters. The molecule has 2 aromatic rings. The summed E-state index contributed by atoms with van der Waals surface area (Å²) in [6.45, 7) is 8.13. The summed E-state index contributed by atoms with van der Waals surface area (Å²) < 4.78 is 2.20. The highest BCUT2D eigenvalue weighted by Crippen LogP contribution is 2.44. The molecular formula is C33H34N4O5. The minimum Gasteiger partial charge on any atom is -0.862 e. The van der Waals surface area contributed by atoms with Crippen LogP contribution in [0.25, 0.3) is 10.8 Å². The van der Waals surface area contributed by atoms with Gasteiger partial charge in [-0.3, -0.25) is 29.0 Å². The summed E-state index contributed by atoms with van der Waals surface area (Å²) in [7, 11) is 0. The van der Waals surface area contributed by atoms with Crippen LogP contribution in [0.4, 0.5) is 5.69 Å². The highest BCUT2D eigenvalue weighted by atomic mass is 16.3. The van der Waals surface area contributed by atoms with Crippen molar-refractivity contribution >= 4 is 51.5 Å². The molecule has 1 saturated heterocycles. The van der Waals surface area contributed by atoms with E-state index in [4.69, 9.17) is 0 Å². The smallest absolute Gasteiger partial charge is 0.253 e. The monoisotopic (exact) mass is 566 g/mol. The van der Waals surface area contributed by atoms with Crippen LogP contribution in [0.5, 0.6) is 0 Å². The van der Waals surface area contributed by atoms with E-state index in [0.29, 0.717) is 32.5 Å². The number of Topliss-reactive ketones (excluding diaryl/α,β-unsaturated/α-hetero) is 2. The average molecular weight is 567 g/mol. The van der Waals surface area contributed by atoms with Gasteiger partial charge in [0.2, 0.25) is 5.69 Å². The van der Waals surface area contributed by atoms with Crippen LogP contribution in [0, 0.1) is 5.92 Å². The maximum atomic E-state index is 13.4. The number of fused-ring (bicyclic) bond motifs is 3. The first-order chi connectivity index (χ1) is 20.1. The van der Waals surface area contributed by atoms with Crippen molar-refractivity contribution in [2.45, 2.75) is 45.1 Å². The average Bonchev–Trinajstić information content (AvgIpc) is 3.42. The van der Waals surface area contributed by atoms with Gasteiger partial charge in [0.15, 0.2) is 17.3 Å². The highest BCUT2D eigenvalue weighted by Gasteiger charge is 2.51. The third-order valence-electron chi connectivity index (χ3n) is 9.11. The number of carbonyl (C=O) groups excluding carboxylic acids is 4. The van der Waals surface area contributed by atoms with Gasteiger partial charge in [0.25, 0.3) is 11.8 Å². The highest BCUT2D eigenvalue weighted by molar-refractivity contribution is 6.43. The van der Waals surface area contributed by atoms with Crippen LogP contribution in [0.15, 0.2) is 65.2 Å². The summed E-state index contributed by atoms with van der Waals surface area (Å²) in [6.07, 6.45) is 5.21. The Kier molecular flexibility index (Phi) is 7.01. The summed E-state index contributed by atoms with van der Waals surface area (Å²) in [5.74, 6) is -1.68. The zero-order valence-electron chi connectivity index (χ0n) is 24.1. The van der Waals surface area contributed by atoms with Crippen LogP contribution in [-0.2, 0) is 24.6 Å². The van der Waals surface area contributed by atoms with Crippen LogP contribution in [0.1, 0.15) is 39.2 Å². The van der Waals surface area contributed by atoms with E-state index < -0.39 is 17.9 Å². The van der Waals surface area contributed by atoms with Gasteiger partial charge in [0, 0.05) is 36.4 Å². The summed E-state index contributed by atoms with van der Waals surface area (Å²) in [4.78, 5) is 57.1. The molecule has 0 N–H and O–H groups in total. The maximum Gasteiger partial charge on any atom is 0.253 e. The molecule has 4 aliphatic rings. The standard InChI is InChI=1S/C33H34N4O5/c1-4-36-24-10-9-20-7-5-6-8-22(20)28(24)33(2,3)25(36)19-23-30(40)29(31(23)41)35-16-13-21(14-17-35)32(42)34-15-18-37-26(38)11-12-27(37)39/h5-12,19,21,29H,4,13-18H2,1-3H3. The lowest BCUT2D eigenvalue weighted by Gasteiger charge is -2.41. The first-order valence-electron chi connectivity index (χ1n) is 14.6. The molecule has 6 rings (SSSR count). The number of nitrogens with zero attached hydrogens (tertiary/aromatic N) is 4. The van der Waals surface area contributed by atoms with E-state index in [0.717, 1.165) is 21.7 Å². The summed E-state index contributed by atoms with van der Waals surface area (Å²) in [5.41, 5.74) is 3.12.